The van der Waals surface area contributed by atoms with Gasteiger partial charge in [0.05, 0.1) is 26.1 Å². The van der Waals surface area contributed by atoms with E-state index in [1.165, 1.54) is 17.8 Å². The summed E-state index contributed by atoms with van der Waals surface area (Å²) in [7, 11) is -3.87. The quantitative estimate of drug-likeness (QED) is 0.634. The number of halogens is 1. The summed E-state index contributed by atoms with van der Waals surface area (Å²) in [4.78, 5) is 12.5. The minimum atomic E-state index is -3.87. The summed E-state index contributed by atoms with van der Waals surface area (Å²) in [6.45, 7) is 5.57. The third kappa shape index (κ3) is 3.67. The van der Waals surface area contributed by atoms with E-state index in [-0.39, 0.29) is 30.7 Å². The molecule has 0 spiro atoms. The van der Waals surface area contributed by atoms with Gasteiger partial charge in [-0.1, -0.05) is 13.8 Å². The number of nitrogens with zero attached hydrogens (tertiary/aromatic N) is 4. The third-order valence-electron chi connectivity index (χ3n) is 4.88. The maximum absolute atomic E-state index is 15.9. The van der Waals surface area contributed by atoms with Crippen molar-refractivity contribution in [2.75, 3.05) is 25.6 Å². The molecule has 2 saturated heterocycles. The fourth-order valence-electron chi connectivity index (χ4n) is 3.49. The van der Waals surface area contributed by atoms with E-state index in [0.29, 0.717) is 18.5 Å². The molecule has 0 bridgehead atoms. The Morgan fingerprint density at radius 3 is 2.87 bits per heavy atom. The van der Waals surface area contributed by atoms with Gasteiger partial charge >= 0.3 is 7.82 Å². The molecule has 0 radical (unpaired) electrons. The lowest BCUT2D eigenvalue weighted by atomic mass is 9.98. The first-order chi connectivity index (χ1) is 14.3. The molecule has 2 fully saturated rings. The molecule has 0 saturated carbocycles. The summed E-state index contributed by atoms with van der Waals surface area (Å²) in [5.74, 6) is 0.175. The number of phosphoric acid groups is 1. The molecule has 0 aliphatic carbocycles. The zero-order chi connectivity index (χ0) is 21.5. The normalized spacial score (nSPS) is 33.7. The average molecular weight is 445 g/mol. The van der Waals surface area contributed by atoms with Crippen molar-refractivity contribution < 1.29 is 32.0 Å². The maximum atomic E-state index is 15.9. The van der Waals surface area contributed by atoms with Gasteiger partial charge in [-0.05, 0) is 19.8 Å². The standard InChI is InChI=1S/C17H25FN5O6P/c1-4-6-25-14-11-13(21-16(19)22-14)23(9-20-11)15-17(3,18)12-10(28-15)8-27-30(24,29-12)26-7-5-2/h9-10,12,15H,4-8H2,1-3H3,(H2,19,21,22)/t10-,12-,15-,17-,30+/m1/s1. The van der Waals surface area contributed by atoms with Crippen molar-refractivity contribution in [3.05, 3.63) is 6.33 Å². The Bertz CT molecular complexity index is 972. The Kier molecular flexibility index (Phi) is 5.71. The minimum absolute atomic E-state index is 0.0385. The van der Waals surface area contributed by atoms with Crippen LogP contribution in [0.3, 0.4) is 0 Å². The molecular formula is C17H25FN5O6P. The highest BCUT2D eigenvalue weighted by molar-refractivity contribution is 7.48. The van der Waals surface area contributed by atoms with Crippen molar-refractivity contribution in [2.24, 2.45) is 0 Å². The van der Waals surface area contributed by atoms with E-state index >= 15 is 4.39 Å². The monoisotopic (exact) mass is 445 g/mol. The third-order valence-corrected chi connectivity index (χ3v) is 6.33. The lowest BCUT2D eigenvalue weighted by molar-refractivity contribution is -0.0706. The van der Waals surface area contributed by atoms with Gasteiger partial charge in [0.25, 0.3) is 0 Å². The maximum Gasteiger partial charge on any atom is 0.475 e. The summed E-state index contributed by atoms with van der Waals surface area (Å²) in [5, 5.41) is 0. The highest BCUT2D eigenvalue weighted by Crippen LogP contribution is 2.59. The molecule has 0 amide bonds. The molecule has 2 aromatic rings. The second-order valence-electron chi connectivity index (χ2n) is 7.34. The van der Waals surface area contributed by atoms with Crippen LogP contribution in [-0.2, 0) is 22.9 Å². The first-order valence-corrected chi connectivity index (χ1v) is 11.3. The summed E-state index contributed by atoms with van der Waals surface area (Å²) in [6, 6.07) is 0. The van der Waals surface area contributed by atoms with Crippen LogP contribution in [0, 0.1) is 0 Å². The number of nitrogens with two attached hydrogens (primary N) is 1. The molecule has 2 N–H and O–H groups in total. The predicted octanol–water partition coefficient (Wildman–Crippen LogP) is 2.77. The van der Waals surface area contributed by atoms with Gasteiger partial charge in [0.15, 0.2) is 23.1 Å². The molecule has 30 heavy (non-hydrogen) atoms. The number of imidazole rings is 1. The Labute approximate surface area is 172 Å². The van der Waals surface area contributed by atoms with Crippen LogP contribution in [0.5, 0.6) is 5.88 Å². The van der Waals surface area contributed by atoms with E-state index in [2.05, 4.69) is 15.0 Å². The van der Waals surface area contributed by atoms with E-state index in [4.69, 9.17) is 28.8 Å². The molecule has 13 heteroatoms. The average Bonchev–Trinajstić information content (AvgIpc) is 3.23. The number of hydrogen-bond donors (Lipinski definition) is 1. The van der Waals surface area contributed by atoms with Crippen LogP contribution in [0.2, 0.25) is 0 Å². The Hall–Kier alpha value is -1.85. The number of hydrogen-bond acceptors (Lipinski definition) is 10. The lowest BCUT2D eigenvalue weighted by Gasteiger charge is -2.33. The van der Waals surface area contributed by atoms with Crippen LogP contribution in [0.15, 0.2) is 6.33 Å². The van der Waals surface area contributed by atoms with E-state index in [0.717, 1.165) is 6.42 Å². The van der Waals surface area contributed by atoms with Crippen LogP contribution in [0.1, 0.15) is 39.8 Å². The van der Waals surface area contributed by atoms with Crippen molar-refractivity contribution in [3.8, 4) is 5.88 Å². The molecule has 4 heterocycles. The van der Waals surface area contributed by atoms with Gasteiger partial charge < -0.3 is 15.2 Å². The first-order valence-electron chi connectivity index (χ1n) is 9.83. The van der Waals surface area contributed by atoms with Crippen LogP contribution in [0.25, 0.3) is 11.2 Å². The van der Waals surface area contributed by atoms with Crippen LogP contribution in [0.4, 0.5) is 10.3 Å². The van der Waals surface area contributed by atoms with Gasteiger partial charge in [0.1, 0.15) is 12.2 Å². The zero-order valence-corrected chi connectivity index (χ0v) is 17.9. The van der Waals surface area contributed by atoms with Crippen LogP contribution >= 0.6 is 7.82 Å². The van der Waals surface area contributed by atoms with Crippen LogP contribution in [-0.4, -0.2) is 57.2 Å². The topological polar surface area (TPSA) is 133 Å². The molecule has 0 aromatic carbocycles. The second kappa shape index (κ2) is 8.01. The molecule has 2 aliphatic rings. The van der Waals surface area contributed by atoms with Gasteiger partial charge in [-0.15, -0.1) is 0 Å². The van der Waals surface area contributed by atoms with E-state index < -0.39 is 31.9 Å². The summed E-state index contributed by atoms with van der Waals surface area (Å²) in [5.41, 5.74) is 4.32. The fraction of sp³-hybridized carbons (Fsp3) is 0.706. The van der Waals surface area contributed by atoms with Crippen molar-refractivity contribution in [3.63, 3.8) is 0 Å². The molecule has 4 rings (SSSR count). The molecule has 5 atom stereocenters. The zero-order valence-electron chi connectivity index (χ0n) is 17.0. The number of nitrogen functional groups attached to an aromatic ring is 1. The molecular weight excluding hydrogens is 420 g/mol. The number of alkyl halides is 1. The smallest absolute Gasteiger partial charge is 0.475 e. The van der Waals surface area contributed by atoms with Crippen LogP contribution < -0.4 is 10.5 Å². The van der Waals surface area contributed by atoms with Crippen molar-refractivity contribution in [1.82, 2.24) is 19.5 Å². The van der Waals surface area contributed by atoms with Gasteiger partial charge in [-0.2, -0.15) is 9.97 Å². The highest BCUT2D eigenvalue weighted by Gasteiger charge is 2.61. The molecule has 166 valence electrons. The van der Waals surface area contributed by atoms with Crippen molar-refractivity contribution in [2.45, 2.75) is 57.7 Å². The summed E-state index contributed by atoms with van der Waals surface area (Å²) in [6.07, 6.45) is -0.364. The second-order valence-corrected chi connectivity index (χ2v) is 8.96. The summed E-state index contributed by atoms with van der Waals surface area (Å²) >= 11 is 0. The number of rotatable bonds is 7. The van der Waals surface area contributed by atoms with E-state index in [9.17, 15) is 4.57 Å². The van der Waals surface area contributed by atoms with Gasteiger partial charge in [-0.3, -0.25) is 18.1 Å². The Balaban J connectivity index is 1.66. The lowest BCUT2D eigenvalue weighted by Crippen LogP contribution is -2.44. The van der Waals surface area contributed by atoms with E-state index in [1.807, 2.05) is 13.8 Å². The highest BCUT2D eigenvalue weighted by atomic mass is 31.2. The van der Waals surface area contributed by atoms with Crippen molar-refractivity contribution in [1.29, 1.82) is 0 Å². The van der Waals surface area contributed by atoms with E-state index in [1.54, 1.807) is 0 Å². The summed E-state index contributed by atoms with van der Waals surface area (Å²) < 4.78 is 57.4. The number of ether oxygens (including phenoxy) is 2. The fourth-order valence-corrected chi connectivity index (χ4v) is 5.04. The largest absolute Gasteiger partial charge is 0.476 e. The van der Waals surface area contributed by atoms with Gasteiger partial charge in [-0.25, -0.2) is 13.9 Å². The van der Waals surface area contributed by atoms with Crippen molar-refractivity contribution >= 4 is 24.9 Å². The number of aromatic nitrogens is 4. The minimum Gasteiger partial charge on any atom is -0.476 e. The Morgan fingerprint density at radius 2 is 2.13 bits per heavy atom. The number of fused-ring (bicyclic) bond motifs is 2. The van der Waals surface area contributed by atoms with Gasteiger partial charge in [0, 0.05) is 0 Å². The number of anilines is 1. The molecule has 2 aromatic heterocycles. The molecule has 2 aliphatic heterocycles. The first kappa shape index (κ1) is 21.4. The molecule has 11 nitrogen and oxygen atoms in total. The predicted molar refractivity (Wildman–Crippen MR) is 104 cm³/mol. The molecule has 0 unspecified atom stereocenters. The van der Waals surface area contributed by atoms with Gasteiger partial charge in [0.2, 0.25) is 11.8 Å². The number of phosphoric ester groups is 1. The Morgan fingerprint density at radius 1 is 1.37 bits per heavy atom. The SMILES string of the molecule is CCCOc1nc(N)nc2c1ncn2[C@@H]1O[C@@H]2CO[P@](=O)(OCCC)O[C@H]2[C@@]1(C)F.